The van der Waals surface area contributed by atoms with Gasteiger partial charge in [0.15, 0.2) is 0 Å². The fourth-order valence-corrected chi connectivity index (χ4v) is 2.76. The third-order valence-electron chi connectivity index (χ3n) is 3.76. The van der Waals surface area contributed by atoms with Crippen molar-refractivity contribution in [1.29, 1.82) is 0 Å². The molecule has 0 amide bonds. The first-order valence-corrected chi connectivity index (χ1v) is 6.79. The molecule has 0 aromatic heterocycles. The summed E-state index contributed by atoms with van der Waals surface area (Å²) in [5, 5.41) is 0. The summed E-state index contributed by atoms with van der Waals surface area (Å²) < 4.78 is 5.94. The zero-order chi connectivity index (χ0) is 10.3. The lowest BCUT2D eigenvalue weighted by Gasteiger charge is -2.28. The normalized spacial score (nSPS) is 25.6. The molecule has 1 saturated carbocycles. The molecule has 0 aromatic carbocycles. The SMILES string of the molecule is C1CCC(OCCN2CCCCC2)CC1. The molecular formula is C13H25NO. The van der Waals surface area contributed by atoms with Gasteiger partial charge in [-0.2, -0.15) is 0 Å². The van der Waals surface area contributed by atoms with E-state index in [0.29, 0.717) is 6.10 Å². The third-order valence-corrected chi connectivity index (χ3v) is 3.76. The standard InChI is InChI=1S/C13H25NO/c1-3-7-13(8-4-1)15-12-11-14-9-5-2-6-10-14/h13H,1-12H2. The summed E-state index contributed by atoms with van der Waals surface area (Å²) in [6.45, 7) is 4.73. The largest absolute Gasteiger partial charge is 0.377 e. The average molecular weight is 211 g/mol. The van der Waals surface area contributed by atoms with Gasteiger partial charge >= 0.3 is 0 Å². The summed E-state index contributed by atoms with van der Waals surface area (Å²) in [5.41, 5.74) is 0. The Bertz CT molecular complexity index is 142. The van der Waals surface area contributed by atoms with E-state index in [0.717, 1.165) is 13.2 Å². The number of hydrogen-bond donors (Lipinski definition) is 0. The Morgan fingerprint density at radius 2 is 1.53 bits per heavy atom. The number of nitrogens with zero attached hydrogens (tertiary/aromatic N) is 1. The highest BCUT2D eigenvalue weighted by molar-refractivity contribution is 4.67. The van der Waals surface area contributed by atoms with Crippen LogP contribution in [0.1, 0.15) is 51.4 Å². The van der Waals surface area contributed by atoms with Gasteiger partial charge in [-0.1, -0.05) is 25.7 Å². The van der Waals surface area contributed by atoms with Crippen molar-refractivity contribution in [3.63, 3.8) is 0 Å². The Morgan fingerprint density at radius 3 is 2.27 bits per heavy atom. The van der Waals surface area contributed by atoms with E-state index in [-0.39, 0.29) is 0 Å². The van der Waals surface area contributed by atoms with Gasteiger partial charge in [0.1, 0.15) is 0 Å². The third kappa shape index (κ3) is 4.12. The van der Waals surface area contributed by atoms with Gasteiger partial charge in [0, 0.05) is 6.54 Å². The van der Waals surface area contributed by atoms with Crippen LogP contribution >= 0.6 is 0 Å². The van der Waals surface area contributed by atoms with Crippen LogP contribution in [-0.4, -0.2) is 37.2 Å². The van der Waals surface area contributed by atoms with Crippen LogP contribution in [-0.2, 0) is 4.74 Å². The molecule has 2 nitrogen and oxygen atoms in total. The predicted octanol–water partition coefficient (Wildman–Crippen LogP) is 2.82. The van der Waals surface area contributed by atoms with Crippen LogP contribution < -0.4 is 0 Å². The van der Waals surface area contributed by atoms with E-state index < -0.39 is 0 Å². The van der Waals surface area contributed by atoms with Crippen LogP contribution in [0.5, 0.6) is 0 Å². The molecule has 1 aliphatic carbocycles. The van der Waals surface area contributed by atoms with Gasteiger partial charge in [0.05, 0.1) is 12.7 Å². The fraction of sp³-hybridized carbons (Fsp3) is 1.00. The monoisotopic (exact) mass is 211 g/mol. The zero-order valence-corrected chi connectivity index (χ0v) is 9.92. The minimum atomic E-state index is 0.587. The molecule has 2 aliphatic rings. The lowest BCUT2D eigenvalue weighted by atomic mass is 9.98. The molecule has 0 bridgehead atoms. The summed E-state index contributed by atoms with van der Waals surface area (Å²) in [7, 11) is 0. The Labute approximate surface area is 94.0 Å². The van der Waals surface area contributed by atoms with Gasteiger partial charge in [-0.05, 0) is 38.8 Å². The molecule has 1 heterocycles. The van der Waals surface area contributed by atoms with Crippen LogP contribution in [0, 0.1) is 0 Å². The van der Waals surface area contributed by atoms with E-state index in [1.807, 2.05) is 0 Å². The highest BCUT2D eigenvalue weighted by Gasteiger charge is 2.14. The molecule has 2 heteroatoms. The fourth-order valence-electron chi connectivity index (χ4n) is 2.76. The number of ether oxygens (including phenoxy) is 1. The summed E-state index contributed by atoms with van der Waals surface area (Å²) in [6, 6.07) is 0. The van der Waals surface area contributed by atoms with Crippen molar-refractivity contribution in [2.75, 3.05) is 26.2 Å². The van der Waals surface area contributed by atoms with Crippen LogP contribution in [0.2, 0.25) is 0 Å². The van der Waals surface area contributed by atoms with Crippen molar-refractivity contribution >= 4 is 0 Å². The van der Waals surface area contributed by atoms with Crippen molar-refractivity contribution in [3.05, 3.63) is 0 Å². The van der Waals surface area contributed by atoms with Crippen molar-refractivity contribution in [1.82, 2.24) is 4.90 Å². The van der Waals surface area contributed by atoms with E-state index in [9.17, 15) is 0 Å². The van der Waals surface area contributed by atoms with Gasteiger partial charge < -0.3 is 9.64 Å². The maximum atomic E-state index is 5.94. The van der Waals surface area contributed by atoms with E-state index in [1.165, 1.54) is 64.5 Å². The average Bonchev–Trinajstić information content (AvgIpc) is 2.32. The van der Waals surface area contributed by atoms with Gasteiger partial charge in [-0.15, -0.1) is 0 Å². The van der Waals surface area contributed by atoms with Crippen LogP contribution in [0.25, 0.3) is 0 Å². The van der Waals surface area contributed by atoms with Crippen molar-refractivity contribution < 1.29 is 4.74 Å². The summed E-state index contributed by atoms with van der Waals surface area (Å²) in [5.74, 6) is 0. The van der Waals surface area contributed by atoms with E-state index in [1.54, 1.807) is 0 Å². The Hall–Kier alpha value is -0.0800. The Balaban J connectivity index is 1.53. The molecule has 88 valence electrons. The molecule has 0 atom stereocenters. The maximum Gasteiger partial charge on any atom is 0.0597 e. The second kappa shape index (κ2) is 6.49. The first-order chi connectivity index (χ1) is 7.45. The van der Waals surface area contributed by atoms with Crippen LogP contribution in [0.4, 0.5) is 0 Å². The first kappa shape index (κ1) is 11.4. The molecule has 1 aliphatic heterocycles. The van der Waals surface area contributed by atoms with Gasteiger partial charge in [0.2, 0.25) is 0 Å². The second-order valence-corrected chi connectivity index (χ2v) is 5.03. The lowest BCUT2D eigenvalue weighted by molar-refractivity contribution is 0.0140. The molecule has 0 radical (unpaired) electrons. The van der Waals surface area contributed by atoms with Gasteiger partial charge in [-0.25, -0.2) is 0 Å². The summed E-state index contributed by atoms with van der Waals surface area (Å²) >= 11 is 0. The van der Waals surface area contributed by atoms with Crippen molar-refractivity contribution in [3.8, 4) is 0 Å². The van der Waals surface area contributed by atoms with Crippen molar-refractivity contribution in [2.24, 2.45) is 0 Å². The molecule has 0 aromatic rings. The molecule has 2 fully saturated rings. The molecule has 15 heavy (non-hydrogen) atoms. The molecule has 2 rings (SSSR count). The Morgan fingerprint density at radius 1 is 0.867 bits per heavy atom. The molecular weight excluding hydrogens is 186 g/mol. The number of piperidine rings is 1. The minimum Gasteiger partial charge on any atom is -0.377 e. The minimum absolute atomic E-state index is 0.587. The van der Waals surface area contributed by atoms with Crippen molar-refractivity contribution in [2.45, 2.75) is 57.5 Å². The topological polar surface area (TPSA) is 12.5 Å². The highest BCUT2D eigenvalue weighted by Crippen LogP contribution is 2.20. The molecule has 0 unspecified atom stereocenters. The molecule has 1 saturated heterocycles. The smallest absolute Gasteiger partial charge is 0.0597 e. The van der Waals surface area contributed by atoms with Gasteiger partial charge in [-0.3, -0.25) is 0 Å². The summed E-state index contributed by atoms with van der Waals surface area (Å²) in [4.78, 5) is 2.56. The summed E-state index contributed by atoms with van der Waals surface area (Å²) in [6.07, 6.45) is 11.6. The molecule has 0 spiro atoms. The quantitative estimate of drug-likeness (QED) is 0.709. The predicted molar refractivity (Wildman–Crippen MR) is 63.1 cm³/mol. The van der Waals surface area contributed by atoms with E-state index in [2.05, 4.69) is 4.90 Å². The lowest BCUT2D eigenvalue weighted by Crippen LogP contribution is -2.33. The molecule has 0 N–H and O–H groups in total. The number of likely N-dealkylation sites (tertiary alicyclic amines) is 1. The Kier molecular flexibility index (Phi) is 4.94. The van der Waals surface area contributed by atoms with E-state index in [4.69, 9.17) is 4.74 Å². The number of rotatable bonds is 4. The number of hydrogen-bond acceptors (Lipinski definition) is 2. The van der Waals surface area contributed by atoms with Crippen LogP contribution in [0.3, 0.4) is 0 Å². The van der Waals surface area contributed by atoms with Gasteiger partial charge in [0.25, 0.3) is 0 Å². The maximum absolute atomic E-state index is 5.94. The second-order valence-electron chi connectivity index (χ2n) is 5.03. The first-order valence-electron chi connectivity index (χ1n) is 6.79. The van der Waals surface area contributed by atoms with Crippen LogP contribution in [0.15, 0.2) is 0 Å². The zero-order valence-electron chi connectivity index (χ0n) is 9.92. The highest BCUT2D eigenvalue weighted by atomic mass is 16.5. The van der Waals surface area contributed by atoms with E-state index >= 15 is 0 Å².